The van der Waals surface area contributed by atoms with Gasteiger partial charge >= 0.3 is 0 Å². The van der Waals surface area contributed by atoms with Gasteiger partial charge in [0.1, 0.15) is 0 Å². The SMILES string of the molecule is CCCN1CCC(NC(=NC)NCC(C)(C)S(C)(=O)=O)CC1. The van der Waals surface area contributed by atoms with Crippen molar-refractivity contribution in [1.29, 1.82) is 0 Å². The van der Waals surface area contributed by atoms with E-state index in [0.717, 1.165) is 25.9 Å². The van der Waals surface area contributed by atoms with Crippen LogP contribution >= 0.6 is 0 Å². The number of rotatable bonds is 6. The van der Waals surface area contributed by atoms with Crippen molar-refractivity contribution < 1.29 is 8.42 Å². The Kier molecular flexibility index (Phi) is 7.12. The maximum Gasteiger partial charge on any atom is 0.191 e. The molecule has 0 unspecified atom stereocenters. The molecule has 0 radical (unpaired) electrons. The number of nitrogens with one attached hydrogen (secondary N) is 2. The second-order valence-corrected chi connectivity index (χ2v) is 9.37. The van der Waals surface area contributed by atoms with E-state index < -0.39 is 14.6 Å². The molecular formula is C15H32N4O2S. The van der Waals surface area contributed by atoms with Gasteiger partial charge in [0.25, 0.3) is 0 Å². The van der Waals surface area contributed by atoms with Crippen molar-refractivity contribution in [1.82, 2.24) is 15.5 Å². The highest BCUT2D eigenvalue weighted by atomic mass is 32.2. The standard InChI is InChI=1S/C15H32N4O2S/c1-6-9-19-10-7-13(8-11-19)18-14(16-4)17-12-15(2,3)22(5,20)21/h13H,6-12H2,1-5H3,(H2,16,17,18). The van der Waals surface area contributed by atoms with E-state index in [4.69, 9.17) is 0 Å². The van der Waals surface area contributed by atoms with E-state index in [1.54, 1.807) is 20.9 Å². The van der Waals surface area contributed by atoms with E-state index in [9.17, 15) is 8.42 Å². The molecule has 1 saturated heterocycles. The van der Waals surface area contributed by atoms with E-state index in [0.29, 0.717) is 18.5 Å². The van der Waals surface area contributed by atoms with Gasteiger partial charge in [0.05, 0.1) is 4.75 Å². The van der Waals surface area contributed by atoms with Crippen LogP contribution in [0.5, 0.6) is 0 Å². The molecular weight excluding hydrogens is 300 g/mol. The average Bonchev–Trinajstić information content (AvgIpc) is 2.44. The molecule has 22 heavy (non-hydrogen) atoms. The first kappa shape index (κ1) is 19.2. The number of guanidine groups is 1. The lowest BCUT2D eigenvalue weighted by atomic mass is 10.1. The van der Waals surface area contributed by atoms with Crippen LogP contribution in [0, 0.1) is 0 Å². The third kappa shape index (κ3) is 5.76. The van der Waals surface area contributed by atoms with Gasteiger partial charge in [-0.25, -0.2) is 8.42 Å². The Morgan fingerprint density at radius 2 is 1.91 bits per heavy atom. The van der Waals surface area contributed by atoms with Crippen molar-refractivity contribution in [2.45, 2.75) is 50.8 Å². The maximum atomic E-state index is 11.7. The second kappa shape index (κ2) is 8.15. The molecule has 1 heterocycles. The largest absolute Gasteiger partial charge is 0.355 e. The monoisotopic (exact) mass is 332 g/mol. The molecule has 0 saturated carbocycles. The molecule has 0 bridgehead atoms. The molecule has 0 aliphatic carbocycles. The smallest absolute Gasteiger partial charge is 0.191 e. The molecule has 0 aromatic carbocycles. The molecule has 1 aliphatic heterocycles. The summed E-state index contributed by atoms with van der Waals surface area (Å²) >= 11 is 0. The number of hydrogen-bond donors (Lipinski definition) is 2. The Hall–Kier alpha value is -0.820. The van der Waals surface area contributed by atoms with Gasteiger partial charge in [-0.3, -0.25) is 4.99 Å². The van der Waals surface area contributed by atoms with Crippen LogP contribution in [-0.2, 0) is 9.84 Å². The number of likely N-dealkylation sites (tertiary alicyclic amines) is 1. The molecule has 0 aromatic rings. The van der Waals surface area contributed by atoms with E-state index >= 15 is 0 Å². The van der Waals surface area contributed by atoms with Gasteiger partial charge in [-0.15, -0.1) is 0 Å². The predicted octanol–water partition coefficient (Wildman–Crippen LogP) is 0.849. The van der Waals surface area contributed by atoms with Gasteiger partial charge in [0.15, 0.2) is 15.8 Å². The fourth-order valence-corrected chi connectivity index (χ4v) is 2.77. The summed E-state index contributed by atoms with van der Waals surface area (Å²) in [5.41, 5.74) is 0. The molecule has 0 atom stereocenters. The molecule has 1 rings (SSSR count). The Morgan fingerprint density at radius 3 is 2.36 bits per heavy atom. The number of nitrogens with zero attached hydrogens (tertiary/aromatic N) is 2. The van der Waals surface area contributed by atoms with Crippen LogP contribution in [0.25, 0.3) is 0 Å². The Balaban J connectivity index is 2.44. The minimum Gasteiger partial charge on any atom is -0.355 e. The zero-order valence-electron chi connectivity index (χ0n) is 14.6. The highest BCUT2D eigenvalue weighted by Crippen LogP contribution is 2.14. The van der Waals surface area contributed by atoms with Crippen molar-refractivity contribution in [3.8, 4) is 0 Å². The summed E-state index contributed by atoms with van der Waals surface area (Å²) in [6.07, 6.45) is 4.66. The summed E-state index contributed by atoms with van der Waals surface area (Å²) in [5, 5.41) is 6.56. The van der Waals surface area contributed by atoms with E-state index in [-0.39, 0.29) is 0 Å². The summed E-state index contributed by atoms with van der Waals surface area (Å²) < 4.78 is 22.7. The van der Waals surface area contributed by atoms with Crippen LogP contribution in [0.15, 0.2) is 4.99 Å². The molecule has 1 aliphatic rings. The predicted molar refractivity (Wildman–Crippen MR) is 93.2 cm³/mol. The Bertz CT molecular complexity index is 466. The molecule has 130 valence electrons. The van der Waals surface area contributed by atoms with Crippen LogP contribution in [0.1, 0.15) is 40.0 Å². The van der Waals surface area contributed by atoms with Crippen LogP contribution in [0.3, 0.4) is 0 Å². The minimum absolute atomic E-state index is 0.347. The quantitative estimate of drug-likeness (QED) is 0.557. The summed E-state index contributed by atoms with van der Waals surface area (Å²) in [4.78, 5) is 6.70. The zero-order valence-corrected chi connectivity index (χ0v) is 15.5. The molecule has 7 heteroatoms. The third-order valence-electron chi connectivity index (χ3n) is 4.38. The van der Waals surface area contributed by atoms with E-state index in [1.807, 2.05) is 0 Å². The van der Waals surface area contributed by atoms with E-state index in [2.05, 4.69) is 27.4 Å². The summed E-state index contributed by atoms with van der Waals surface area (Å²) in [7, 11) is -1.39. The normalized spacial score (nSPS) is 19.2. The van der Waals surface area contributed by atoms with Crippen molar-refractivity contribution in [3.63, 3.8) is 0 Å². The lowest BCUT2D eigenvalue weighted by Crippen LogP contribution is -2.52. The van der Waals surface area contributed by atoms with Gasteiger partial charge < -0.3 is 15.5 Å². The Labute approximate surface area is 135 Å². The average molecular weight is 333 g/mol. The minimum atomic E-state index is -3.10. The van der Waals surface area contributed by atoms with Crippen LogP contribution in [-0.4, -0.2) is 69.5 Å². The molecule has 2 N–H and O–H groups in total. The number of piperidine rings is 1. The van der Waals surface area contributed by atoms with Crippen molar-refractivity contribution in [2.24, 2.45) is 4.99 Å². The summed E-state index contributed by atoms with van der Waals surface area (Å²) in [6.45, 7) is 9.40. The first-order chi connectivity index (χ1) is 10.2. The summed E-state index contributed by atoms with van der Waals surface area (Å²) in [5.74, 6) is 0.686. The van der Waals surface area contributed by atoms with E-state index in [1.165, 1.54) is 19.2 Å². The fraction of sp³-hybridized carbons (Fsp3) is 0.933. The third-order valence-corrected chi connectivity index (χ3v) is 6.53. The van der Waals surface area contributed by atoms with Crippen LogP contribution < -0.4 is 10.6 Å². The Morgan fingerprint density at radius 1 is 1.32 bits per heavy atom. The zero-order chi connectivity index (χ0) is 16.8. The van der Waals surface area contributed by atoms with Gasteiger partial charge in [-0.1, -0.05) is 6.92 Å². The maximum absolute atomic E-state index is 11.7. The summed E-state index contributed by atoms with van der Waals surface area (Å²) in [6, 6.07) is 0.403. The lowest BCUT2D eigenvalue weighted by Gasteiger charge is -2.33. The topological polar surface area (TPSA) is 73.8 Å². The first-order valence-corrected chi connectivity index (χ1v) is 9.98. The van der Waals surface area contributed by atoms with Crippen LogP contribution in [0.4, 0.5) is 0 Å². The van der Waals surface area contributed by atoms with Crippen LogP contribution in [0.2, 0.25) is 0 Å². The molecule has 1 fully saturated rings. The fourth-order valence-electron chi connectivity index (χ4n) is 2.43. The number of aliphatic imine (C=N–C) groups is 1. The van der Waals surface area contributed by atoms with Crippen molar-refractivity contribution in [3.05, 3.63) is 0 Å². The highest BCUT2D eigenvalue weighted by molar-refractivity contribution is 7.92. The lowest BCUT2D eigenvalue weighted by molar-refractivity contribution is 0.206. The highest BCUT2D eigenvalue weighted by Gasteiger charge is 2.30. The van der Waals surface area contributed by atoms with Gasteiger partial charge in [-0.05, 0) is 39.7 Å². The van der Waals surface area contributed by atoms with Crippen molar-refractivity contribution in [2.75, 3.05) is 39.5 Å². The molecule has 6 nitrogen and oxygen atoms in total. The molecule has 0 amide bonds. The van der Waals surface area contributed by atoms with Gasteiger partial charge in [0, 0.05) is 39.0 Å². The molecule has 0 aromatic heterocycles. The first-order valence-electron chi connectivity index (χ1n) is 8.08. The number of hydrogen-bond acceptors (Lipinski definition) is 4. The second-order valence-electron chi connectivity index (χ2n) is 6.72. The van der Waals surface area contributed by atoms with Gasteiger partial charge in [-0.2, -0.15) is 0 Å². The number of sulfone groups is 1. The van der Waals surface area contributed by atoms with Gasteiger partial charge in [0.2, 0.25) is 0 Å². The molecule has 0 spiro atoms. The van der Waals surface area contributed by atoms with Crippen molar-refractivity contribution >= 4 is 15.8 Å².